The van der Waals surface area contributed by atoms with Crippen molar-refractivity contribution >= 4 is 5.91 Å². The maximum absolute atomic E-state index is 10.9. The first kappa shape index (κ1) is 14.6. The average Bonchev–Trinajstić information content (AvgIpc) is 1.84. The van der Waals surface area contributed by atoms with Crippen molar-refractivity contribution in [2.75, 3.05) is 0 Å². The summed E-state index contributed by atoms with van der Waals surface area (Å²) in [5, 5.41) is 2.49. The monoisotopic (exact) mass is 243 g/mol. The quantitative estimate of drug-likeness (QED) is 0.649. The topological polar surface area (TPSA) is 52.9 Å². The van der Waals surface area contributed by atoms with Crippen molar-refractivity contribution in [2.24, 2.45) is 5.92 Å². The summed E-state index contributed by atoms with van der Waals surface area (Å²) in [6.07, 6.45) is 0.727. The molecular weight excluding hydrogens is 229 g/mol. The van der Waals surface area contributed by atoms with Gasteiger partial charge in [0.2, 0.25) is 0 Å². The summed E-state index contributed by atoms with van der Waals surface area (Å²) in [7, 11) is 0. The Bertz CT molecular complexity index is 201. The van der Waals surface area contributed by atoms with Crippen LogP contribution in [-0.4, -0.2) is 5.91 Å². The van der Waals surface area contributed by atoms with Gasteiger partial charge in [-0.2, -0.15) is 0 Å². The van der Waals surface area contributed by atoms with Gasteiger partial charge in [0.25, 0.3) is 0 Å². The number of nitrogens with one attached hydrogen (secondary N) is 2. The van der Waals surface area contributed by atoms with Crippen LogP contribution in [0.4, 0.5) is 0 Å². The second-order valence-electron chi connectivity index (χ2n) is 2.75. The van der Waals surface area contributed by atoms with Crippen LogP contribution < -0.4 is 5.32 Å². The molecule has 0 spiro atoms. The molecule has 0 aromatic heterocycles. The van der Waals surface area contributed by atoms with Crippen molar-refractivity contribution in [3.63, 3.8) is 0 Å². The van der Waals surface area contributed by atoms with E-state index in [9.17, 15) is 4.79 Å². The van der Waals surface area contributed by atoms with Crippen LogP contribution in [0, 0.1) is 13.3 Å². The van der Waals surface area contributed by atoms with Gasteiger partial charge in [0.15, 0.2) is 0 Å². The first-order chi connectivity index (χ1) is 4.61. The van der Waals surface area contributed by atoms with E-state index >= 15 is 0 Å². The zero-order valence-electron chi connectivity index (χ0n) is 7.77. The fourth-order valence-corrected chi connectivity index (χ4v) is 1.01. The van der Waals surface area contributed by atoms with Gasteiger partial charge >= 0.3 is 0 Å². The minimum absolute atomic E-state index is 0. The normalized spacial score (nSPS) is 22.2. The summed E-state index contributed by atoms with van der Waals surface area (Å²) in [6.45, 7) is 3.74. The molecule has 3 nitrogen and oxygen atoms in total. The van der Waals surface area contributed by atoms with E-state index in [2.05, 4.69) is 5.32 Å². The van der Waals surface area contributed by atoms with E-state index in [-0.39, 0.29) is 57.8 Å². The van der Waals surface area contributed by atoms with Crippen molar-refractivity contribution in [2.45, 2.75) is 20.3 Å². The van der Waals surface area contributed by atoms with Crippen LogP contribution in [0.3, 0.4) is 0 Å². The molecule has 0 fully saturated rings. The number of allylic oxidation sites excluding steroid dienone is 1. The fourth-order valence-electron chi connectivity index (χ4n) is 1.01. The fraction of sp³-hybridized carbons (Fsp3) is 0.500. The van der Waals surface area contributed by atoms with Gasteiger partial charge in [0.05, 0.1) is 0 Å². The molecule has 67 valence electrons. The first-order valence-electron chi connectivity index (χ1n) is 3.33. The number of hydrogen-bond donors (Lipinski definition) is 1. The predicted molar refractivity (Wildman–Crippen MR) is 45.4 cm³/mol. The maximum Gasteiger partial charge on any atom is 0.148 e. The Labute approximate surface area is 99.0 Å². The van der Waals surface area contributed by atoms with Crippen molar-refractivity contribution in [1.82, 2.24) is 5.32 Å². The Morgan fingerprint density at radius 2 is 2.08 bits per heavy atom. The summed E-state index contributed by atoms with van der Waals surface area (Å²) >= 11 is 0. The molecule has 1 heterocycles. The van der Waals surface area contributed by atoms with Gasteiger partial charge < -0.3 is 18.5 Å². The van der Waals surface area contributed by atoms with Gasteiger partial charge in [-0.05, 0) is 13.3 Å². The summed E-state index contributed by atoms with van der Waals surface area (Å²) in [5.74, 6) is 0.285. The van der Waals surface area contributed by atoms with Gasteiger partial charge in [-0.1, -0.05) is 18.3 Å². The third-order valence-electron chi connectivity index (χ3n) is 1.73. The predicted octanol–water partition coefficient (Wildman–Crippen LogP) is 1.87. The Kier molecular flexibility index (Phi) is 6.96. The van der Waals surface area contributed by atoms with Crippen LogP contribution in [0.2, 0.25) is 0 Å². The molecule has 1 rings (SSSR count). The van der Waals surface area contributed by atoms with Crippen LogP contribution >= 0.6 is 0 Å². The molecule has 0 bridgehead atoms. The summed E-state index contributed by atoms with van der Waals surface area (Å²) in [6, 6.07) is 0. The molecule has 0 saturated carbocycles. The molecule has 0 aromatic rings. The molecule has 1 atom stereocenters. The molecule has 1 radical (unpaired) electrons. The van der Waals surface area contributed by atoms with Crippen molar-refractivity contribution in [3.8, 4) is 0 Å². The van der Waals surface area contributed by atoms with Gasteiger partial charge in [0, 0.05) is 38.6 Å². The van der Waals surface area contributed by atoms with E-state index in [0.717, 1.165) is 12.0 Å². The van der Waals surface area contributed by atoms with Crippen LogP contribution in [0.25, 0.3) is 5.73 Å². The number of rotatable bonds is 0. The average molecular weight is 243 g/mol. The summed E-state index contributed by atoms with van der Waals surface area (Å²) < 4.78 is 0. The third kappa shape index (κ3) is 3.24. The summed E-state index contributed by atoms with van der Waals surface area (Å²) in [5.41, 5.74) is 8.21. The van der Waals surface area contributed by atoms with Crippen LogP contribution in [0.5, 0.6) is 0 Å². The largest absolute Gasteiger partial charge is 0.482 e. The van der Waals surface area contributed by atoms with Gasteiger partial charge in [-0.25, -0.2) is 0 Å². The Balaban J connectivity index is 0. The van der Waals surface area contributed by atoms with Crippen molar-refractivity contribution in [3.05, 3.63) is 24.6 Å². The number of amides is 1. The van der Waals surface area contributed by atoms with E-state index in [4.69, 9.17) is 5.73 Å². The molecule has 0 aromatic carbocycles. The zero-order chi connectivity index (χ0) is 7.72. The molecule has 4 heteroatoms. The van der Waals surface area contributed by atoms with E-state index in [0.29, 0.717) is 0 Å². The van der Waals surface area contributed by atoms with E-state index in [1.54, 1.807) is 0 Å². The second kappa shape index (κ2) is 5.71. The zero-order valence-corrected chi connectivity index (χ0v) is 10.6. The Morgan fingerprint density at radius 1 is 1.58 bits per heavy atom. The summed E-state index contributed by atoms with van der Waals surface area (Å²) in [4.78, 5) is 10.9. The molecule has 1 aliphatic heterocycles. The molecule has 2 N–H and O–H groups in total. The number of carbonyl (C=O) groups excluding carboxylic acids is 1. The van der Waals surface area contributed by atoms with Crippen molar-refractivity contribution < 1.29 is 37.5 Å². The molecule has 1 amide bonds. The van der Waals surface area contributed by atoms with E-state index in [1.807, 2.05) is 13.8 Å². The van der Waals surface area contributed by atoms with Gasteiger partial charge in [-0.15, -0.1) is 0 Å². The van der Waals surface area contributed by atoms with Crippen molar-refractivity contribution in [1.29, 1.82) is 0 Å². The molecule has 12 heavy (non-hydrogen) atoms. The molecule has 1 aliphatic rings. The van der Waals surface area contributed by atoms with Crippen LogP contribution in [0.15, 0.2) is 11.4 Å². The van der Waals surface area contributed by atoms with Gasteiger partial charge in [-0.3, -0.25) is 4.79 Å². The van der Waals surface area contributed by atoms with Crippen LogP contribution in [0.1, 0.15) is 20.3 Å². The first-order valence-corrected chi connectivity index (χ1v) is 3.33. The Hall–Kier alpha value is 0.114. The number of hydrogen-bond acceptors (Lipinski definition) is 1. The molecule has 0 saturated heterocycles. The maximum atomic E-state index is 10.9. The molecular formula is C8H14N2OY-2. The van der Waals surface area contributed by atoms with Gasteiger partial charge in [0.1, 0.15) is 5.91 Å². The minimum atomic E-state index is -0.0319. The third-order valence-corrected chi connectivity index (χ3v) is 1.73. The SMILES string of the molecule is CC1=C([NH-])NC(=O)C(C)C1.[CH3-].[Y]. The smallest absolute Gasteiger partial charge is 0.148 e. The van der Waals surface area contributed by atoms with E-state index < -0.39 is 0 Å². The second-order valence-corrected chi connectivity index (χ2v) is 2.75. The number of carbonyl (C=O) groups is 1. The Morgan fingerprint density at radius 3 is 2.50 bits per heavy atom. The van der Waals surface area contributed by atoms with Crippen LogP contribution in [-0.2, 0) is 37.5 Å². The molecule has 1 unspecified atom stereocenters. The standard InChI is InChI=1S/C7H11N2O.CH3.Y/c1-4-3-5(2)7(10)9-6(4)8;;/h5,8H,3H2,1-2H3,(H,9,10);1H3;/q2*-1;. The molecule has 0 aliphatic carbocycles. The van der Waals surface area contributed by atoms with E-state index in [1.165, 1.54) is 0 Å². The minimum Gasteiger partial charge on any atom is -0.482 e.